The van der Waals surface area contributed by atoms with Crippen LogP contribution in [0.3, 0.4) is 0 Å². The van der Waals surface area contributed by atoms with E-state index >= 15 is 0 Å². The van der Waals surface area contributed by atoms with Crippen LogP contribution in [-0.2, 0) is 6.18 Å². The topological polar surface area (TPSA) is 33.1 Å². The molecular weight excluding hydrogens is 301 g/mol. The Balaban J connectivity index is 2.22. The second-order valence-corrected chi connectivity index (χ2v) is 5.00. The molecule has 1 atom stereocenters. The largest absolute Gasteiger partial charge is 0.443 e. The van der Waals surface area contributed by atoms with Crippen molar-refractivity contribution in [2.24, 2.45) is 0 Å². The van der Waals surface area contributed by atoms with Crippen LogP contribution in [0.25, 0.3) is 0 Å². The Bertz CT molecular complexity index is 578. The fraction of sp³-hybridized carbons (Fsp3) is 0.250. The Hall–Kier alpha value is -1.54. The van der Waals surface area contributed by atoms with Gasteiger partial charge in [0.2, 0.25) is 0 Å². The molecule has 0 amide bonds. The second-order valence-electron chi connectivity index (χ2n) is 3.94. The highest BCUT2D eigenvalue weighted by Gasteiger charge is 2.35. The number of hydrogen-bond acceptors (Lipinski definition) is 3. The third kappa shape index (κ3) is 3.13. The minimum absolute atomic E-state index is 0.00196. The molecule has 0 bridgehead atoms. The lowest BCUT2D eigenvalue weighted by Gasteiger charge is -2.09. The lowest BCUT2D eigenvalue weighted by atomic mass is 10.1. The van der Waals surface area contributed by atoms with Gasteiger partial charge in [0.25, 0.3) is 6.43 Å². The van der Waals surface area contributed by atoms with Crippen molar-refractivity contribution in [3.05, 3.63) is 51.5 Å². The first-order valence-electron chi connectivity index (χ1n) is 5.38. The van der Waals surface area contributed by atoms with Crippen LogP contribution in [0.2, 0.25) is 0 Å². The van der Waals surface area contributed by atoms with Crippen LogP contribution in [0.4, 0.5) is 22.0 Å². The second kappa shape index (κ2) is 5.45. The van der Waals surface area contributed by atoms with Gasteiger partial charge in [0, 0.05) is 11.8 Å². The van der Waals surface area contributed by atoms with E-state index < -0.39 is 23.7 Å². The zero-order valence-corrected chi connectivity index (χ0v) is 10.6. The number of thiazole rings is 1. The minimum Gasteiger partial charge on any atom is -0.383 e. The fourth-order valence-corrected chi connectivity index (χ4v) is 2.33. The van der Waals surface area contributed by atoms with Gasteiger partial charge in [0.1, 0.15) is 6.10 Å². The average Bonchev–Trinajstić information content (AvgIpc) is 2.87. The van der Waals surface area contributed by atoms with Crippen molar-refractivity contribution in [2.75, 3.05) is 0 Å². The smallest absolute Gasteiger partial charge is 0.383 e. The van der Waals surface area contributed by atoms with E-state index in [1.165, 1.54) is 12.1 Å². The van der Waals surface area contributed by atoms with Crippen molar-refractivity contribution in [1.82, 2.24) is 4.98 Å². The molecule has 8 heteroatoms. The number of hydrogen-bond donors (Lipinski definition) is 1. The summed E-state index contributed by atoms with van der Waals surface area (Å²) in [6.45, 7) is 0. The summed E-state index contributed by atoms with van der Waals surface area (Å²) in [5, 5.41) is 8.86. The predicted octanol–water partition coefficient (Wildman–Crippen LogP) is 4.18. The molecule has 1 unspecified atom stereocenters. The van der Waals surface area contributed by atoms with Crippen LogP contribution in [0.1, 0.15) is 33.5 Å². The lowest BCUT2D eigenvalue weighted by Crippen LogP contribution is -2.03. The molecule has 0 aliphatic carbocycles. The summed E-state index contributed by atoms with van der Waals surface area (Å²) in [6.07, 6.45) is -7.60. The molecule has 0 aliphatic rings. The number of rotatable bonds is 3. The van der Waals surface area contributed by atoms with E-state index in [0.717, 1.165) is 18.3 Å². The molecule has 0 saturated carbocycles. The maximum absolute atomic E-state index is 12.4. The van der Waals surface area contributed by atoms with Crippen molar-refractivity contribution in [2.45, 2.75) is 18.7 Å². The normalized spacial score (nSPS) is 13.8. The Labute approximate surface area is 114 Å². The molecule has 20 heavy (non-hydrogen) atoms. The summed E-state index contributed by atoms with van der Waals surface area (Å²) >= 11 is 0.319. The van der Waals surface area contributed by atoms with Gasteiger partial charge in [-0.05, 0) is 5.56 Å². The van der Waals surface area contributed by atoms with Crippen molar-refractivity contribution >= 4 is 11.3 Å². The van der Waals surface area contributed by atoms with E-state index in [0.29, 0.717) is 11.3 Å². The molecule has 2 nitrogen and oxygen atoms in total. The Morgan fingerprint density at radius 1 is 1.05 bits per heavy atom. The third-order valence-corrected chi connectivity index (χ3v) is 3.63. The molecule has 2 rings (SSSR count). The van der Waals surface area contributed by atoms with Gasteiger partial charge in [0.05, 0.1) is 4.88 Å². The Morgan fingerprint density at radius 2 is 1.60 bits per heavy atom. The van der Waals surface area contributed by atoms with Gasteiger partial charge < -0.3 is 5.11 Å². The molecule has 0 saturated heterocycles. The van der Waals surface area contributed by atoms with Gasteiger partial charge in [0.15, 0.2) is 5.01 Å². The molecule has 0 spiro atoms. The quantitative estimate of drug-likeness (QED) is 0.863. The summed E-state index contributed by atoms with van der Waals surface area (Å²) in [6, 6.07) is 4.74. The van der Waals surface area contributed by atoms with Crippen LogP contribution in [0, 0.1) is 0 Å². The molecule has 2 aromatic rings. The van der Waals surface area contributed by atoms with E-state index in [2.05, 4.69) is 4.98 Å². The van der Waals surface area contributed by atoms with Crippen LogP contribution in [0.5, 0.6) is 0 Å². The van der Waals surface area contributed by atoms with Crippen LogP contribution in [-0.4, -0.2) is 10.1 Å². The number of alkyl halides is 5. The Morgan fingerprint density at radius 3 is 2.05 bits per heavy atom. The van der Waals surface area contributed by atoms with E-state index in [4.69, 9.17) is 0 Å². The lowest BCUT2D eigenvalue weighted by molar-refractivity contribution is -0.137. The zero-order chi connectivity index (χ0) is 14.9. The van der Waals surface area contributed by atoms with Gasteiger partial charge >= 0.3 is 6.18 Å². The van der Waals surface area contributed by atoms with Gasteiger partial charge in [-0.1, -0.05) is 24.3 Å². The summed E-state index contributed by atoms with van der Waals surface area (Å²) in [5.41, 5.74) is 0.00742. The number of aliphatic hydroxyl groups excluding tert-OH is 1. The fourth-order valence-electron chi connectivity index (χ4n) is 1.53. The summed E-state index contributed by atoms with van der Waals surface area (Å²) < 4.78 is 61.9. The minimum atomic E-state index is -4.57. The van der Waals surface area contributed by atoms with Crippen LogP contribution < -0.4 is 0 Å². The van der Waals surface area contributed by atoms with Crippen molar-refractivity contribution in [3.8, 4) is 0 Å². The van der Waals surface area contributed by atoms with E-state index in [9.17, 15) is 27.1 Å². The maximum Gasteiger partial charge on any atom is 0.443 e. The van der Waals surface area contributed by atoms with Crippen LogP contribution >= 0.6 is 11.3 Å². The highest BCUT2D eigenvalue weighted by atomic mass is 32.1. The van der Waals surface area contributed by atoms with Gasteiger partial charge in [-0.2, -0.15) is 13.2 Å². The SMILES string of the molecule is OC(c1ccc(C(F)F)cc1)c1cnc(C(F)(F)F)s1. The maximum atomic E-state index is 12.4. The molecular formula is C12H8F5NOS. The van der Waals surface area contributed by atoms with Crippen molar-refractivity contribution in [3.63, 3.8) is 0 Å². The van der Waals surface area contributed by atoms with Crippen molar-refractivity contribution in [1.29, 1.82) is 0 Å². The summed E-state index contributed by atoms with van der Waals surface area (Å²) in [5.74, 6) is 0. The molecule has 1 heterocycles. The number of aromatic nitrogens is 1. The number of halogens is 5. The molecule has 1 aromatic carbocycles. The van der Waals surface area contributed by atoms with Crippen LogP contribution in [0.15, 0.2) is 30.5 Å². The molecule has 0 radical (unpaired) electrons. The molecule has 1 aromatic heterocycles. The highest BCUT2D eigenvalue weighted by Crippen LogP contribution is 2.36. The van der Waals surface area contributed by atoms with E-state index in [-0.39, 0.29) is 16.0 Å². The number of aliphatic hydroxyl groups is 1. The monoisotopic (exact) mass is 309 g/mol. The number of nitrogens with zero attached hydrogens (tertiary/aromatic N) is 1. The van der Waals surface area contributed by atoms with Gasteiger partial charge in [-0.15, -0.1) is 11.3 Å². The van der Waals surface area contributed by atoms with Gasteiger partial charge in [-0.3, -0.25) is 0 Å². The summed E-state index contributed by atoms with van der Waals surface area (Å²) in [7, 11) is 0. The van der Waals surface area contributed by atoms with E-state index in [1.54, 1.807) is 0 Å². The molecule has 108 valence electrons. The molecule has 1 N–H and O–H groups in total. The highest BCUT2D eigenvalue weighted by molar-refractivity contribution is 7.11. The van der Waals surface area contributed by atoms with E-state index in [1.807, 2.05) is 0 Å². The summed E-state index contributed by atoms with van der Waals surface area (Å²) in [4.78, 5) is 3.20. The first kappa shape index (κ1) is 14.9. The molecule has 0 fully saturated rings. The van der Waals surface area contributed by atoms with Crippen molar-refractivity contribution < 1.29 is 27.1 Å². The van der Waals surface area contributed by atoms with Gasteiger partial charge in [-0.25, -0.2) is 13.8 Å². The third-order valence-electron chi connectivity index (χ3n) is 2.54. The average molecular weight is 309 g/mol. The zero-order valence-electron chi connectivity index (χ0n) is 9.73. The standard InChI is InChI=1S/C12H8F5NOS/c13-10(14)7-3-1-6(2-4-7)9(19)8-5-18-11(20-8)12(15,16)17/h1-5,9-10,19H. The Kier molecular flexibility index (Phi) is 4.05. The predicted molar refractivity (Wildman–Crippen MR) is 62.6 cm³/mol. The first-order valence-corrected chi connectivity index (χ1v) is 6.19. The first-order chi connectivity index (χ1) is 9.29. The number of benzene rings is 1. The molecule has 0 aliphatic heterocycles.